The number of carbonyl (C=O) groups is 2. The van der Waals surface area contributed by atoms with E-state index in [0.717, 1.165) is 32.6 Å². The number of carbonyl (C=O) groups excluding carboxylic acids is 2. The third-order valence-electron chi connectivity index (χ3n) is 3.94. The molecule has 5 nitrogen and oxygen atoms in total. The van der Waals surface area contributed by atoms with Crippen LogP contribution in [0.25, 0.3) is 0 Å². The summed E-state index contributed by atoms with van der Waals surface area (Å²) in [6.45, 7) is 6.06. The summed E-state index contributed by atoms with van der Waals surface area (Å²) in [6.07, 6.45) is 1.43. The van der Waals surface area contributed by atoms with Crippen molar-refractivity contribution in [3.8, 4) is 0 Å². The molecule has 0 radical (unpaired) electrons. The molecule has 0 aromatic rings. The Kier molecular flexibility index (Phi) is 4.22. The molecule has 2 fully saturated rings. The molecule has 2 aliphatic rings. The molecule has 0 aromatic heterocycles. The Balaban J connectivity index is 1.61. The minimum absolute atomic E-state index is 0.119. The van der Waals surface area contributed by atoms with Gasteiger partial charge in [-0.3, -0.25) is 9.59 Å². The van der Waals surface area contributed by atoms with Crippen LogP contribution in [0.1, 0.15) is 19.8 Å². The van der Waals surface area contributed by atoms with Crippen molar-refractivity contribution in [2.45, 2.75) is 19.8 Å². The summed E-state index contributed by atoms with van der Waals surface area (Å²) in [5.41, 5.74) is 0. The second kappa shape index (κ2) is 5.69. The lowest BCUT2D eigenvalue weighted by atomic mass is 10.2. The Morgan fingerprint density at radius 1 is 1.22 bits per heavy atom. The van der Waals surface area contributed by atoms with Crippen LogP contribution in [0.2, 0.25) is 0 Å². The average Bonchev–Trinajstić information content (AvgIpc) is 3.07. The number of likely N-dealkylation sites (N-methyl/N-ethyl adjacent to an activating group) is 1. The van der Waals surface area contributed by atoms with Gasteiger partial charge in [0.15, 0.2) is 0 Å². The van der Waals surface area contributed by atoms with Crippen molar-refractivity contribution in [1.29, 1.82) is 0 Å². The minimum Gasteiger partial charge on any atom is -0.355 e. The first kappa shape index (κ1) is 13.3. The number of nitrogens with one attached hydrogen (secondary N) is 1. The lowest BCUT2D eigenvalue weighted by molar-refractivity contribution is -0.132. The topological polar surface area (TPSA) is 52.7 Å². The van der Waals surface area contributed by atoms with E-state index in [1.807, 2.05) is 4.90 Å². The normalized spacial score (nSPS) is 28.0. The van der Waals surface area contributed by atoms with Crippen LogP contribution in [-0.2, 0) is 9.59 Å². The van der Waals surface area contributed by atoms with Gasteiger partial charge in [0.2, 0.25) is 11.8 Å². The van der Waals surface area contributed by atoms with E-state index in [1.54, 1.807) is 0 Å². The fourth-order valence-corrected chi connectivity index (χ4v) is 2.33. The minimum atomic E-state index is 0.119. The number of piperazine rings is 1. The Morgan fingerprint density at radius 3 is 2.39 bits per heavy atom. The van der Waals surface area contributed by atoms with Crippen LogP contribution < -0.4 is 5.32 Å². The monoisotopic (exact) mass is 253 g/mol. The molecule has 1 aliphatic heterocycles. The van der Waals surface area contributed by atoms with Crippen LogP contribution in [0.4, 0.5) is 0 Å². The summed E-state index contributed by atoms with van der Waals surface area (Å²) in [5, 5.41) is 2.86. The van der Waals surface area contributed by atoms with Crippen molar-refractivity contribution in [1.82, 2.24) is 15.1 Å². The molecule has 1 saturated heterocycles. The quantitative estimate of drug-likeness (QED) is 0.762. The van der Waals surface area contributed by atoms with Crippen LogP contribution in [-0.4, -0.2) is 61.4 Å². The summed E-state index contributed by atoms with van der Waals surface area (Å²) in [6, 6.07) is 0. The molecular weight excluding hydrogens is 230 g/mol. The second-order valence-corrected chi connectivity index (χ2v) is 5.54. The van der Waals surface area contributed by atoms with Crippen LogP contribution in [0, 0.1) is 11.8 Å². The molecule has 18 heavy (non-hydrogen) atoms. The van der Waals surface area contributed by atoms with Gasteiger partial charge in [-0.2, -0.15) is 0 Å². The molecule has 1 saturated carbocycles. The summed E-state index contributed by atoms with van der Waals surface area (Å²) in [5.74, 6) is 1.00. The highest BCUT2D eigenvalue weighted by Gasteiger charge is 2.38. The number of rotatable bonds is 4. The maximum Gasteiger partial charge on any atom is 0.224 e. The number of nitrogens with zero attached hydrogens (tertiary/aromatic N) is 2. The number of hydrogen-bond donors (Lipinski definition) is 1. The zero-order valence-electron chi connectivity index (χ0n) is 11.3. The third kappa shape index (κ3) is 3.45. The van der Waals surface area contributed by atoms with Gasteiger partial charge in [-0.05, 0) is 19.4 Å². The van der Waals surface area contributed by atoms with E-state index < -0.39 is 0 Å². The predicted molar refractivity (Wildman–Crippen MR) is 69.0 cm³/mol. The molecule has 5 heteroatoms. The van der Waals surface area contributed by atoms with Gasteiger partial charge in [-0.15, -0.1) is 0 Å². The van der Waals surface area contributed by atoms with Gasteiger partial charge in [0.1, 0.15) is 0 Å². The highest BCUT2D eigenvalue weighted by molar-refractivity contribution is 5.82. The number of hydrogen-bond acceptors (Lipinski definition) is 3. The highest BCUT2D eigenvalue weighted by Crippen LogP contribution is 2.37. The molecule has 2 unspecified atom stereocenters. The lowest BCUT2D eigenvalue weighted by Crippen LogP contribution is -2.47. The van der Waals surface area contributed by atoms with E-state index in [4.69, 9.17) is 0 Å². The van der Waals surface area contributed by atoms with Gasteiger partial charge in [-0.25, -0.2) is 0 Å². The van der Waals surface area contributed by atoms with Gasteiger partial charge in [0.05, 0.1) is 0 Å². The molecule has 2 rings (SSSR count). The molecule has 102 valence electrons. The van der Waals surface area contributed by atoms with Crippen molar-refractivity contribution in [3.05, 3.63) is 0 Å². The summed E-state index contributed by atoms with van der Waals surface area (Å²) < 4.78 is 0. The van der Waals surface area contributed by atoms with Crippen LogP contribution in [0.3, 0.4) is 0 Å². The molecule has 1 heterocycles. The summed E-state index contributed by atoms with van der Waals surface area (Å²) in [7, 11) is 2.07. The smallest absolute Gasteiger partial charge is 0.224 e. The van der Waals surface area contributed by atoms with Gasteiger partial charge >= 0.3 is 0 Å². The van der Waals surface area contributed by atoms with E-state index >= 15 is 0 Å². The van der Waals surface area contributed by atoms with E-state index in [1.165, 1.54) is 0 Å². The average molecular weight is 253 g/mol. The molecule has 0 spiro atoms. The van der Waals surface area contributed by atoms with E-state index in [9.17, 15) is 9.59 Å². The van der Waals surface area contributed by atoms with Crippen LogP contribution in [0.15, 0.2) is 0 Å². The van der Waals surface area contributed by atoms with E-state index in [0.29, 0.717) is 18.9 Å². The molecular formula is C13H23N3O2. The Morgan fingerprint density at radius 2 is 1.83 bits per heavy atom. The third-order valence-corrected chi connectivity index (χ3v) is 3.94. The molecule has 1 N–H and O–H groups in total. The van der Waals surface area contributed by atoms with Crippen molar-refractivity contribution in [3.63, 3.8) is 0 Å². The summed E-state index contributed by atoms with van der Waals surface area (Å²) >= 11 is 0. The maximum absolute atomic E-state index is 11.9. The zero-order chi connectivity index (χ0) is 13.1. The Bertz CT molecular complexity index is 324. The van der Waals surface area contributed by atoms with Crippen molar-refractivity contribution in [2.24, 2.45) is 11.8 Å². The largest absolute Gasteiger partial charge is 0.355 e. The zero-order valence-corrected chi connectivity index (χ0v) is 11.3. The molecule has 2 amide bonds. The van der Waals surface area contributed by atoms with Crippen molar-refractivity contribution >= 4 is 11.8 Å². The van der Waals surface area contributed by atoms with Gasteiger partial charge in [0.25, 0.3) is 0 Å². The second-order valence-electron chi connectivity index (χ2n) is 5.54. The fraction of sp³-hybridized carbons (Fsp3) is 0.846. The summed E-state index contributed by atoms with van der Waals surface area (Å²) in [4.78, 5) is 27.6. The number of amides is 2. The Labute approximate surface area is 108 Å². The first-order chi connectivity index (χ1) is 8.58. The van der Waals surface area contributed by atoms with Gasteiger partial charge in [0, 0.05) is 45.1 Å². The van der Waals surface area contributed by atoms with Gasteiger partial charge < -0.3 is 15.1 Å². The van der Waals surface area contributed by atoms with Crippen LogP contribution >= 0.6 is 0 Å². The predicted octanol–water partition coefficient (Wildman–Crippen LogP) is -0.0773. The van der Waals surface area contributed by atoms with E-state index in [-0.39, 0.29) is 17.7 Å². The SMILES string of the molecule is CC1CC1C(=O)NCCC(=O)N1CCN(C)CC1. The van der Waals surface area contributed by atoms with Crippen LogP contribution in [0.5, 0.6) is 0 Å². The Hall–Kier alpha value is -1.10. The van der Waals surface area contributed by atoms with Crippen molar-refractivity contribution in [2.75, 3.05) is 39.8 Å². The fourth-order valence-electron chi connectivity index (χ4n) is 2.33. The van der Waals surface area contributed by atoms with E-state index in [2.05, 4.69) is 24.2 Å². The first-order valence-corrected chi connectivity index (χ1v) is 6.82. The molecule has 0 bridgehead atoms. The molecule has 2 atom stereocenters. The highest BCUT2D eigenvalue weighted by atomic mass is 16.2. The lowest BCUT2D eigenvalue weighted by Gasteiger charge is -2.32. The van der Waals surface area contributed by atoms with Crippen molar-refractivity contribution < 1.29 is 9.59 Å². The molecule has 0 aromatic carbocycles. The van der Waals surface area contributed by atoms with Gasteiger partial charge in [-0.1, -0.05) is 6.92 Å². The maximum atomic E-state index is 11.9. The first-order valence-electron chi connectivity index (χ1n) is 6.82. The molecule has 1 aliphatic carbocycles. The standard InChI is InChI=1S/C13H23N3O2/c1-10-9-11(10)13(18)14-4-3-12(17)16-7-5-15(2)6-8-16/h10-11H,3-9H2,1-2H3,(H,14,18).